The van der Waals surface area contributed by atoms with Crippen LogP contribution in [0.3, 0.4) is 0 Å². The van der Waals surface area contributed by atoms with Crippen LogP contribution in [0.15, 0.2) is 51.7 Å². The molecule has 2 aromatic rings. The van der Waals surface area contributed by atoms with Crippen molar-refractivity contribution >= 4 is 5.91 Å². The molecule has 1 aliphatic rings. The second-order valence-electron chi connectivity index (χ2n) is 5.36. The van der Waals surface area contributed by atoms with Gasteiger partial charge in [0.2, 0.25) is 0 Å². The van der Waals surface area contributed by atoms with Gasteiger partial charge in [-0.2, -0.15) is 0 Å². The van der Waals surface area contributed by atoms with Crippen molar-refractivity contribution in [3.8, 4) is 11.5 Å². The highest BCUT2D eigenvalue weighted by Crippen LogP contribution is 2.18. The molecule has 0 bridgehead atoms. The number of carbonyl (C=O) groups is 1. The number of amides is 1. The minimum Gasteiger partial charge on any atom is -0.486 e. The summed E-state index contributed by atoms with van der Waals surface area (Å²) in [6, 6.07) is 12.2. The Morgan fingerprint density at radius 2 is 1.96 bits per heavy atom. The topological polar surface area (TPSA) is 69.0 Å². The molecule has 0 spiro atoms. The first kappa shape index (κ1) is 15.1. The molecule has 120 valence electrons. The lowest BCUT2D eigenvalue weighted by Gasteiger charge is -2.38. The summed E-state index contributed by atoms with van der Waals surface area (Å²) in [4.78, 5) is 24.9. The van der Waals surface area contributed by atoms with Gasteiger partial charge in [0.1, 0.15) is 23.4 Å². The van der Waals surface area contributed by atoms with Crippen LogP contribution >= 0.6 is 0 Å². The lowest BCUT2D eigenvalue weighted by atomic mass is 10.1. The molecule has 6 heteroatoms. The van der Waals surface area contributed by atoms with Gasteiger partial charge in [-0.3, -0.25) is 4.79 Å². The molecule has 3 rings (SSSR count). The van der Waals surface area contributed by atoms with E-state index >= 15 is 0 Å². The number of benzene rings is 1. The minimum atomic E-state index is -0.441. The van der Waals surface area contributed by atoms with Crippen molar-refractivity contribution < 1.29 is 18.7 Å². The maximum Gasteiger partial charge on any atom is 0.339 e. The third kappa shape index (κ3) is 3.91. The SMILES string of the molecule is Cc1cc(OC2CN(C(=O)COc3ccccc3)C2)cc(=O)o1. The number of para-hydroxylation sites is 1. The van der Waals surface area contributed by atoms with Crippen LogP contribution in [0.4, 0.5) is 0 Å². The van der Waals surface area contributed by atoms with Gasteiger partial charge in [0.25, 0.3) is 5.91 Å². The third-order valence-corrected chi connectivity index (χ3v) is 3.48. The number of nitrogens with zero attached hydrogens (tertiary/aromatic N) is 1. The summed E-state index contributed by atoms with van der Waals surface area (Å²) in [7, 11) is 0. The molecule has 0 aliphatic carbocycles. The molecule has 1 aliphatic heterocycles. The maximum atomic E-state index is 12.0. The number of carbonyl (C=O) groups excluding carboxylic acids is 1. The van der Waals surface area contributed by atoms with E-state index in [9.17, 15) is 9.59 Å². The lowest BCUT2D eigenvalue weighted by Crippen LogP contribution is -2.57. The largest absolute Gasteiger partial charge is 0.486 e. The van der Waals surface area contributed by atoms with Gasteiger partial charge in [-0.25, -0.2) is 4.79 Å². The lowest BCUT2D eigenvalue weighted by molar-refractivity contribution is -0.142. The summed E-state index contributed by atoms with van der Waals surface area (Å²) in [5, 5.41) is 0. The highest BCUT2D eigenvalue weighted by molar-refractivity contribution is 5.78. The average Bonchev–Trinajstić information content (AvgIpc) is 2.48. The van der Waals surface area contributed by atoms with Crippen LogP contribution in [0.25, 0.3) is 0 Å². The summed E-state index contributed by atoms with van der Waals surface area (Å²) in [6.45, 7) is 2.66. The normalized spacial score (nSPS) is 14.2. The molecule has 1 aromatic heterocycles. The van der Waals surface area contributed by atoms with Crippen molar-refractivity contribution in [3.05, 3.63) is 58.6 Å². The van der Waals surface area contributed by atoms with Gasteiger partial charge >= 0.3 is 5.63 Å². The van der Waals surface area contributed by atoms with E-state index in [2.05, 4.69) is 0 Å². The molecule has 0 radical (unpaired) electrons. The molecule has 0 unspecified atom stereocenters. The fourth-order valence-corrected chi connectivity index (χ4v) is 2.31. The maximum absolute atomic E-state index is 12.0. The fourth-order valence-electron chi connectivity index (χ4n) is 2.31. The van der Waals surface area contributed by atoms with Gasteiger partial charge in [-0.1, -0.05) is 18.2 Å². The standard InChI is InChI=1S/C17H17NO5/c1-12-7-14(8-17(20)22-12)23-15-9-18(10-15)16(19)11-21-13-5-3-2-4-6-13/h2-8,15H,9-11H2,1H3. The summed E-state index contributed by atoms with van der Waals surface area (Å²) in [6.07, 6.45) is -0.114. The van der Waals surface area contributed by atoms with Crippen molar-refractivity contribution in [2.45, 2.75) is 13.0 Å². The smallest absolute Gasteiger partial charge is 0.339 e. The number of ether oxygens (including phenoxy) is 2. The summed E-state index contributed by atoms with van der Waals surface area (Å²) >= 11 is 0. The van der Waals surface area contributed by atoms with Gasteiger partial charge in [0.15, 0.2) is 6.61 Å². The van der Waals surface area contributed by atoms with Crippen molar-refractivity contribution in [2.24, 2.45) is 0 Å². The van der Waals surface area contributed by atoms with Crippen molar-refractivity contribution in [1.82, 2.24) is 4.90 Å². The number of aryl methyl sites for hydroxylation is 1. The van der Waals surface area contributed by atoms with Crippen molar-refractivity contribution in [2.75, 3.05) is 19.7 Å². The molecule has 0 saturated carbocycles. The number of likely N-dealkylation sites (tertiary alicyclic amines) is 1. The van der Waals surface area contributed by atoms with Crippen LogP contribution in [-0.4, -0.2) is 36.6 Å². The van der Waals surface area contributed by atoms with E-state index in [0.717, 1.165) is 0 Å². The molecule has 1 saturated heterocycles. The van der Waals surface area contributed by atoms with Crippen LogP contribution < -0.4 is 15.1 Å². The molecule has 2 heterocycles. The predicted octanol–water partition coefficient (Wildman–Crippen LogP) is 1.62. The number of hydrogen-bond donors (Lipinski definition) is 0. The van der Waals surface area contributed by atoms with E-state index in [1.807, 2.05) is 18.2 Å². The van der Waals surface area contributed by atoms with Gasteiger partial charge in [0, 0.05) is 6.07 Å². The van der Waals surface area contributed by atoms with Crippen LogP contribution in [-0.2, 0) is 4.79 Å². The zero-order valence-corrected chi connectivity index (χ0v) is 12.7. The zero-order valence-electron chi connectivity index (χ0n) is 12.7. The Balaban J connectivity index is 1.45. The van der Waals surface area contributed by atoms with Gasteiger partial charge in [-0.15, -0.1) is 0 Å². The summed E-state index contributed by atoms with van der Waals surface area (Å²) in [5.74, 6) is 1.55. The Labute approximate surface area is 133 Å². The molecule has 1 amide bonds. The van der Waals surface area contributed by atoms with E-state index < -0.39 is 5.63 Å². The van der Waals surface area contributed by atoms with E-state index in [4.69, 9.17) is 13.9 Å². The monoisotopic (exact) mass is 315 g/mol. The highest BCUT2D eigenvalue weighted by Gasteiger charge is 2.32. The average molecular weight is 315 g/mol. The van der Waals surface area contributed by atoms with E-state index in [-0.39, 0.29) is 18.6 Å². The van der Waals surface area contributed by atoms with Crippen LogP contribution in [0.2, 0.25) is 0 Å². The molecular weight excluding hydrogens is 298 g/mol. The van der Waals surface area contributed by atoms with Gasteiger partial charge in [-0.05, 0) is 19.1 Å². The molecule has 0 N–H and O–H groups in total. The third-order valence-electron chi connectivity index (χ3n) is 3.48. The second kappa shape index (κ2) is 6.56. The van der Waals surface area contributed by atoms with Crippen molar-refractivity contribution in [3.63, 3.8) is 0 Å². The molecule has 1 fully saturated rings. The highest BCUT2D eigenvalue weighted by atomic mass is 16.5. The molecule has 0 atom stereocenters. The second-order valence-corrected chi connectivity index (χ2v) is 5.36. The van der Waals surface area contributed by atoms with E-state index in [1.54, 1.807) is 30.0 Å². The first-order valence-corrected chi connectivity index (χ1v) is 7.34. The first-order chi connectivity index (χ1) is 11.1. The van der Waals surface area contributed by atoms with Crippen LogP contribution in [0.1, 0.15) is 5.76 Å². The summed E-state index contributed by atoms with van der Waals surface area (Å²) < 4.78 is 16.0. The van der Waals surface area contributed by atoms with Crippen molar-refractivity contribution in [1.29, 1.82) is 0 Å². The van der Waals surface area contributed by atoms with E-state index in [1.165, 1.54) is 6.07 Å². The number of hydrogen-bond acceptors (Lipinski definition) is 5. The minimum absolute atomic E-state index is 0.00473. The molecule has 1 aromatic carbocycles. The summed E-state index contributed by atoms with van der Waals surface area (Å²) in [5.41, 5.74) is -0.441. The Kier molecular flexibility index (Phi) is 4.32. The molecular formula is C17H17NO5. The van der Waals surface area contributed by atoms with Crippen LogP contribution in [0.5, 0.6) is 11.5 Å². The Morgan fingerprint density at radius 3 is 2.65 bits per heavy atom. The van der Waals surface area contributed by atoms with Crippen LogP contribution in [0, 0.1) is 6.92 Å². The Bertz CT molecular complexity index is 734. The fraction of sp³-hybridized carbons (Fsp3) is 0.294. The van der Waals surface area contributed by atoms with Gasteiger partial charge in [0.05, 0.1) is 19.2 Å². The molecule has 6 nitrogen and oxygen atoms in total. The quantitative estimate of drug-likeness (QED) is 0.838. The zero-order chi connectivity index (χ0) is 16.2. The molecule has 23 heavy (non-hydrogen) atoms. The first-order valence-electron chi connectivity index (χ1n) is 7.34. The number of rotatable bonds is 5. The Hall–Kier alpha value is -2.76. The Morgan fingerprint density at radius 1 is 1.22 bits per heavy atom. The van der Waals surface area contributed by atoms with E-state index in [0.29, 0.717) is 30.3 Å². The van der Waals surface area contributed by atoms with Gasteiger partial charge < -0.3 is 18.8 Å². The predicted molar refractivity (Wildman–Crippen MR) is 82.6 cm³/mol.